The van der Waals surface area contributed by atoms with Gasteiger partial charge in [0.25, 0.3) is 5.91 Å². The zero-order valence-electron chi connectivity index (χ0n) is 10.3. The summed E-state index contributed by atoms with van der Waals surface area (Å²) >= 11 is 3.28. The van der Waals surface area contributed by atoms with Gasteiger partial charge in [-0.3, -0.25) is 9.59 Å². The zero-order chi connectivity index (χ0) is 14.0. The van der Waals surface area contributed by atoms with Crippen molar-refractivity contribution in [1.82, 2.24) is 4.90 Å². The van der Waals surface area contributed by atoms with Crippen LogP contribution in [-0.2, 0) is 4.79 Å². The topological polar surface area (TPSA) is 83.6 Å². The molecule has 102 valence electrons. The summed E-state index contributed by atoms with van der Waals surface area (Å²) in [6, 6.07) is 4.91. The molecule has 1 amide bonds. The van der Waals surface area contributed by atoms with Crippen molar-refractivity contribution in [3.8, 4) is 0 Å². The first-order chi connectivity index (χ1) is 8.95. The highest BCUT2D eigenvalue weighted by Gasteiger charge is 2.28. The van der Waals surface area contributed by atoms with Crippen molar-refractivity contribution in [2.24, 2.45) is 5.92 Å². The maximum atomic E-state index is 12.3. The number of halogens is 1. The van der Waals surface area contributed by atoms with Crippen LogP contribution < -0.4 is 5.73 Å². The molecule has 0 atom stereocenters. The predicted molar refractivity (Wildman–Crippen MR) is 74.8 cm³/mol. The van der Waals surface area contributed by atoms with E-state index in [1.54, 1.807) is 18.2 Å². The molecule has 0 aliphatic heterocycles. The summed E-state index contributed by atoms with van der Waals surface area (Å²) < 4.78 is 0.706. The summed E-state index contributed by atoms with van der Waals surface area (Å²) in [7, 11) is 0. The Morgan fingerprint density at radius 2 is 2.05 bits per heavy atom. The van der Waals surface area contributed by atoms with E-state index in [9.17, 15) is 9.59 Å². The minimum atomic E-state index is -1.00. The minimum Gasteiger partial charge on any atom is -0.480 e. The molecular weight excluding hydrogens is 312 g/mol. The molecule has 0 heterocycles. The van der Waals surface area contributed by atoms with Gasteiger partial charge < -0.3 is 15.7 Å². The average Bonchev–Trinajstić information content (AvgIpc) is 3.09. The van der Waals surface area contributed by atoms with E-state index in [-0.39, 0.29) is 12.5 Å². The Morgan fingerprint density at radius 3 is 2.58 bits per heavy atom. The van der Waals surface area contributed by atoms with Crippen molar-refractivity contribution in [2.45, 2.75) is 12.8 Å². The number of aliphatic carboxylic acids is 1. The van der Waals surface area contributed by atoms with Crippen LogP contribution in [0.4, 0.5) is 5.69 Å². The largest absolute Gasteiger partial charge is 0.480 e. The second kappa shape index (κ2) is 5.61. The first kappa shape index (κ1) is 13.9. The van der Waals surface area contributed by atoms with Crippen molar-refractivity contribution in [3.63, 3.8) is 0 Å². The number of anilines is 1. The molecule has 0 aromatic heterocycles. The van der Waals surface area contributed by atoms with Crippen molar-refractivity contribution in [2.75, 3.05) is 18.8 Å². The third-order valence-electron chi connectivity index (χ3n) is 2.96. The van der Waals surface area contributed by atoms with Gasteiger partial charge in [-0.05, 0) is 37.0 Å². The van der Waals surface area contributed by atoms with Gasteiger partial charge in [0.1, 0.15) is 6.54 Å². The van der Waals surface area contributed by atoms with Gasteiger partial charge in [0.15, 0.2) is 0 Å². The minimum absolute atomic E-state index is 0.276. The molecule has 3 N–H and O–H groups in total. The van der Waals surface area contributed by atoms with Crippen LogP contribution in [0.1, 0.15) is 23.2 Å². The van der Waals surface area contributed by atoms with Crippen LogP contribution in [0.15, 0.2) is 22.7 Å². The number of rotatable bonds is 5. The third kappa shape index (κ3) is 3.96. The predicted octanol–water partition coefficient (Wildman–Crippen LogP) is 1.97. The second-order valence-corrected chi connectivity index (χ2v) is 5.71. The summed E-state index contributed by atoms with van der Waals surface area (Å²) in [5.74, 6) is -0.855. The molecule has 2 rings (SSSR count). The molecule has 0 spiro atoms. The number of nitrogens with zero attached hydrogens (tertiary/aromatic N) is 1. The monoisotopic (exact) mass is 326 g/mol. The lowest BCUT2D eigenvalue weighted by Gasteiger charge is -2.20. The molecule has 1 aromatic rings. The Kier molecular flexibility index (Phi) is 4.09. The van der Waals surface area contributed by atoms with Gasteiger partial charge >= 0.3 is 5.97 Å². The van der Waals surface area contributed by atoms with Crippen molar-refractivity contribution < 1.29 is 14.7 Å². The Morgan fingerprint density at radius 1 is 1.37 bits per heavy atom. The fourth-order valence-electron chi connectivity index (χ4n) is 1.91. The van der Waals surface area contributed by atoms with Crippen LogP contribution in [-0.4, -0.2) is 35.0 Å². The fourth-order valence-corrected chi connectivity index (χ4v) is 2.42. The summed E-state index contributed by atoms with van der Waals surface area (Å²) in [5.41, 5.74) is 6.58. The van der Waals surface area contributed by atoms with Gasteiger partial charge in [-0.2, -0.15) is 0 Å². The van der Waals surface area contributed by atoms with Crippen LogP contribution in [0.2, 0.25) is 0 Å². The Bertz CT molecular complexity index is 494. The van der Waals surface area contributed by atoms with Crippen LogP contribution in [0, 0.1) is 5.92 Å². The molecule has 19 heavy (non-hydrogen) atoms. The first-order valence-electron chi connectivity index (χ1n) is 6.03. The lowest BCUT2D eigenvalue weighted by Crippen LogP contribution is -2.37. The van der Waals surface area contributed by atoms with E-state index in [1.807, 2.05) is 0 Å². The van der Waals surface area contributed by atoms with Crippen LogP contribution in [0.3, 0.4) is 0 Å². The quantitative estimate of drug-likeness (QED) is 0.810. The van der Waals surface area contributed by atoms with Crippen molar-refractivity contribution in [1.29, 1.82) is 0 Å². The number of nitrogen functional groups attached to an aromatic ring is 1. The third-order valence-corrected chi connectivity index (χ3v) is 3.41. The summed E-state index contributed by atoms with van der Waals surface area (Å²) in [4.78, 5) is 24.6. The molecule has 0 radical (unpaired) electrons. The summed E-state index contributed by atoms with van der Waals surface area (Å²) in [6.07, 6.45) is 2.12. The van der Waals surface area contributed by atoms with Gasteiger partial charge in [-0.1, -0.05) is 15.9 Å². The van der Waals surface area contributed by atoms with Gasteiger partial charge in [0.2, 0.25) is 0 Å². The number of carbonyl (C=O) groups excluding carboxylic acids is 1. The number of benzene rings is 1. The maximum Gasteiger partial charge on any atom is 0.323 e. The molecule has 5 nitrogen and oxygen atoms in total. The molecule has 1 saturated carbocycles. The lowest BCUT2D eigenvalue weighted by atomic mass is 10.1. The molecule has 1 aliphatic carbocycles. The SMILES string of the molecule is Nc1cc(Br)cc(C(=O)N(CC(=O)O)CC2CC2)c1. The molecule has 1 aliphatic rings. The number of nitrogens with two attached hydrogens (primary N) is 1. The second-order valence-electron chi connectivity index (χ2n) is 4.80. The first-order valence-corrected chi connectivity index (χ1v) is 6.82. The van der Waals surface area contributed by atoms with E-state index in [1.165, 1.54) is 4.90 Å². The van der Waals surface area contributed by atoms with E-state index >= 15 is 0 Å². The van der Waals surface area contributed by atoms with Crippen LogP contribution in [0.25, 0.3) is 0 Å². The van der Waals surface area contributed by atoms with Gasteiger partial charge in [0, 0.05) is 22.3 Å². The number of carbonyl (C=O) groups is 2. The highest BCUT2D eigenvalue weighted by atomic mass is 79.9. The standard InChI is InChI=1S/C13H15BrN2O3/c14-10-3-9(4-11(15)5-10)13(19)16(7-12(17)18)6-8-1-2-8/h3-5,8H,1-2,6-7,15H2,(H,17,18). The normalized spacial score (nSPS) is 14.2. The van der Waals surface area contributed by atoms with Crippen LogP contribution >= 0.6 is 15.9 Å². The zero-order valence-corrected chi connectivity index (χ0v) is 11.9. The smallest absolute Gasteiger partial charge is 0.323 e. The molecule has 0 unspecified atom stereocenters. The molecule has 0 bridgehead atoms. The van der Waals surface area contributed by atoms with Crippen molar-refractivity contribution in [3.05, 3.63) is 28.2 Å². The van der Waals surface area contributed by atoms with Crippen LogP contribution in [0.5, 0.6) is 0 Å². The van der Waals surface area contributed by atoms with Gasteiger partial charge in [-0.15, -0.1) is 0 Å². The van der Waals surface area contributed by atoms with E-state index in [2.05, 4.69) is 15.9 Å². The average molecular weight is 327 g/mol. The van der Waals surface area contributed by atoms with E-state index in [0.29, 0.717) is 28.2 Å². The lowest BCUT2D eigenvalue weighted by molar-refractivity contribution is -0.137. The van der Waals surface area contributed by atoms with Crippen molar-refractivity contribution >= 4 is 33.5 Å². The highest BCUT2D eigenvalue weighted by molar-refractivity contribution is 9.10. The molecule has 6 heteroatoms. The molecule has 0 saturated heterocycles. The number of hydrogen-bond donors (Lipinski definition) is 2. The van der Waals surface area contributed by atoms with E-state index in [0.717, 1.165) is 12.8 Å². The Labute approximate surface area is 119 Å². The molecule has 1 aromatic carbocycles. The maximum absolute atomic E-state index is 12.3. The highest BCUT2D eigenvalue weighted by Crippen LogP contribution is 2.30. The summed E-state index contributed by atoms with van der Waals surface area (Å²) in [5, 5.41) is 8.89. The Hall–Kier alpha value is -1.56. The van der Waals surface area contributed by atoms with Gasteiger partial charge in [0.05, 0.1) is 0 Å². The van der Waals surface area contributed by atoms with Gasteiger partial charge in [-0.25, -0.2) is 0 Å². The number of hydrogen-bond acceptors (Lipinski definition) is 3. The Balaban J connectivity index is 2.18. The number of carboxylic acid groups (broad SMARTS) is 1. The van der Waals surface area contributed by atoms with E-state index in [4.69, 9.17) is 10.8 Å². The summed E-state index contributed by atoms with van der Waals surface area (Å²) in [6.45, 7) is 0.222. The fraction of sp³-hybridized carbons (Fsp3) is 0.385. The molecular formula is C13H15BrN2O3. The number of amides is 1. The molecule has 1 fully saturated rings. The van der Waals surface area contributed by atoms with E-state index < -0.39 is 5.97 Å². The number of carboxylic acids is 1.